The van der Waals surface area contributed by atoms with Gasteiger partial charge in [0.15, 0.2) is 5.76 Å². The van der Waals surface area contributed by atoms with E-state index in [0.717, 1.165) is 43.2 Å². The number of benzene rings is 3. The molecule has 1 aliphatic heterocycles. The van der Waals surface area contributed by atoms with E-state index >= 15 is 0 Å². The van der Waals surface area contributed by atoms with E-state index in [0.29, 0.717) is 18.8 Å². The van der Waals surface area contributed by atoms with E-state index in [2.05, 4.69) is 47.8 Å². The second kappa shape index (κ2) is 11.1. The molecule has 1 heterocycles. The lowest BCUT2D eigenvalue weighted by atomic mass is 9.90. The number of allylic oxidation sites excluding steroid dienone is 1. The minimum atomic E-state index is -0.528. The molecule has 0 spiro atoms. The van der Waals surface area contributed by atoms with Gasteiger partial charge in [0, 0.05) is 18.4 Å². The van der Waals surface area contributed by atoms with E-state index in [4.69, 9.17) is 9.47 Å². The van der Waals surface area contributed by atoms with Gasteiger partial charge in [-0.2, -0.15) is 0 Å². The van der Waals surface area contributed by atoms with E-state index < -0.39 is 6.29 Å². The van der Waals surface area contributed by atoms with Gasteiger partial charge in [0.1, 0.15) is 0 Å². The number of carbonyl (C=O) groups excluding carboxylic acids is 1. The summed E-state index contributed by atoms with van der Waals surface area (Å²) in [5, 5.41) is 12.5. The maximum Gasteiger partial charge on any atom is 0.286 e. The molecule has 3 aliphatic rings. The fourth-order valence-corrected chi connectivity index (χ4v) is 5.98. The van der Waals surface area contributed by atoms with Gasteiger partial charge in [-0.25, -0.2) is 0 Å². The molecule has 2 N–H and O–H groups in total. The smallest absolute Gasteiger partial charge is 0.286 e. The van der Waals surface area contributed by atoms with Crippen LogP contribution in [0.1, 0.15) is 72.3 Å². The Morgan fingerprint density at radius 1 is 0.921 bits per heavy atom. The SMILES string of the molecule is O=C(NC1CCCCC1)C1=C[C@@H](c2ccc3c(c2)Cc2ccccc2-3)C[C@@H](OCc2ccc(CO)cc2)O1. The third-order valence-corrected chi connectivity index (χ3v) is 8.11. The summed E-state index contributed by atoms with van der Waals surface area (Å²) in [4.78, 5) is 13.3. The van der Waals surface area contributed by atoms with E-state index in [-0.39, 0.29) is 24.5 Å². The number of aliphatic hydroxyl groups is 1. The molecule has 3 aromatic rings. The lowest BCUT2D eigenvalue weighted by molar-refractivity contribution is -0.150. The summed E-state index contributed by atoms with van der Waals surface area (Å²) in [6.45, 7) is 0.394. The first-order valence-electron chi connectivity index (χ1n) is 13.9. The predicted molar refractivity (Wildman–Crippen MR) is 147 cm³/mol. The highest BCUT2D eigenvalue weighted by Crippen LogP contribution is 2.40. The number of hydrogen-bond donors (Lipinski definition) is 2. The highest BCUT2D eigenvalue weighted by molar-refractivity contribution is 5.92. The maximum absolute atomic E-state index is 13.3. The topological polar surface area (TPSA) is 67.8 Å². The van der Waals surface area contributed by atoms with Crippen LogP contribution < -0.4 is 5.32 Å². The van der Waals surface area contributed by atoms with Gasteiger partial charge in [-0.1, -0.05) is 86.0 Å². The Morgan fingerprint density at radius 3 is 2.50 bits per heavy atom. The second-order valence-electron chi connectivity index (χ2n) is 10.8. The maximum atomic E-state index is 13.3. The quantitative estimate of drug-likeness (QED) is 0.315. The van der Waals surface area contributed by atoms with E-state index in [9.17, 15) is 9.90 Å². The van der Waals surface area contributed by atoms with Crippen LogP contribution >= 0.6 is 0 Å². The molecule has 38 heavy (non-hydrogen) atoms. The molecule has 0 radical (unpaired) electrons. The highest BCUT2D eigenvalue weighted by atomic mass is 16.7. The summed E-state index contributed by atoms with van der Waals surface area (Å²) < 4.78 is 12.3. The number of aliphatic hydroxyl groups excluding tert-OH is 1. The molecule has 0 unspecified atom stereocenters. The number of carbonyl (C=O) groups is 1. The summed E-state index contributed by atoms with van der Waals surface area (Å²) in [6, 6.07) is 23.2. The fraction of sp³-hybridized carbons (Fsp3) is 0.364. The van der Waals surface area contributed by atoms with Crippen LogP contribution in [0.2, 0.25) is 0 Å². The summed E-state index contributed by atoms with van der Waals surface area (Å²) in [7, 11) is 0. The number of fused-ring (bicyclic) bond motifs is 3. The molecule has 6 rings (SSSR count). The molecule has 1 saturated carbocycles. The number of ether oxygens (including phenoxy) is 2. The molecule has 3 aromatic carbocycles. The molecule has 2 atom stereocenters. The van der Waals surface area contributed by atoms with Gasteiger partial charge < -0.3 is 19.9 Å². The molecule has 5 nitrogen and oxygen atoms in total. The van der Waals surface area contributed by atoms with Crippen molar-refractivity contribution in [2.75, 3.05) is 0 Å². The molecular formula is C33H35NO4. The van der Waals surface area contributed by atoms with Crippen LogP contribution in [-0.4, -0.2) is 23.3 Å². The van der Waals surface area contributed by atoms with Crippen molar-refractivity contribution >= 4 is 5.91 Å². The molecule has 5 heteroatoms. The Balaban J connectivity index is 1.22. The molecular weight excluding hydrogens is 474 g/mol. The molecule has 1 fully saturated rings. The third kappa shape index (κ3) is 5.40. The fourth-order valence-electron chi connectivity index (χ4n) is 5.98. The van der Waals surface area contributed by atoms with Crippen molar-refractivity contribution in [3.05, 3.63) is 106 Å². The van der Waals surface area contributed by atoms with Crippen LogP contribution in [0.25, 0.3) is 11.1 Å². The molecule has 2 aliphatic carbocycles. The Labute approximate surface area is 224 Å². The minimum Gasteiger partial charge on any atom is -0.459 e. The Morgan fingerprint density at radius 2 is 1.68 bits per heavy atom. The van der Waals surface area contributed by atoms with Gasteiger partial charge >= 0.3 is 0 Å². The average molecular weight is 510 g/mol. The zero-order chi connectivity index (χ0) is 25.9. The summed E-state index contributed by atoms with van der Waals surface area (Å²) in [6.07, 6.45) is 8.64. The summed E-state index contributed by atoms with van der Waals surface area (Å²) in [5.41, 5.74) is 8.36. The average Bonchev–Trinajstić information content (AvgIpc) is 3.34. The van der Waals surface area contributed by atoms with Crippen molar-refractivity contribution in [3.63, 3.8) is 0 Å². The van der Waals surface area contributed by atoms with Crippen molar-refractivity contribution in [1.82, 2.24) is 5.32 Å². The zero-order valence-electron chi connectivity index (χ0n) is 21.7. The standard InChI is InChI=1S/C33H35NO4/c35-20-22-10-12-23(13-11-22)21-37-32-19-26(18-31(38-32)33(36)34-28-7-2-1-3-8-28)24-14-15-30-27(16-24)17-25-6-4-5-9-29(25)30/h4-6,9-16,18,26,28,32,35H,1-3,7-8,17,19-21H2,(H,34,36)/t26-,32+/m1/s1. The lowest BCUT2D eigenvalue weighted by Crippen LogP contribution is -2.39. The second-order valence-corrected chi connectivity index (χ2v) is 10.8. The van der Waals surface area contributed by atoms with Gasteiger partial charge in [-0.05, 0) is 64.3 Å². The van der Waals surface area contributed by atoms with E-state index in [1.54, 1.807) is 0 Å². The predicted octanol–water partition coefficient (Wildman–Crippen LogP) is 6.13. The van der Waals surface area contributed by atoms with E-state index in [1.807, 2.05) is 30.3 Å². The lowest BCUT2D eigenvalue weighted by Gasteiger charge is -2.31. The van der Waals surface area contributed by atoms with Crippen molar-refractivity contribution in [3.8, 4) is 11.1 Å². The minimum absolute atomic E-state index is 0.0185. The normalized spacial score (nSPS) is 20.7. The Bertz CT molecular complexity index is 1320. The van der Waals surface area contributed by atoms with Crippen LogP contribution in [0.3, 0.4) is 0 Å². The van der Waals surface area contributed by atoms with Crippen molar-refractivity contribution in [1.29, 1.82) is 0 Å². The third-order valence-electron chi connectivity index (χ3n) is 8.11. The largest absolute Gasteiger partial charge is 0.459 e. The molecule has 0 bridgehead atoms. The molecule has 0 saturated heterocycles. The van der Waals surface area contributed by atoms with Crippen LogP contribution in [-0.2, 0) is 33.9 Å². The van der Waals surface area contributed by atoms with Gasteiger partial charge in [0.25, 0.3) is 5.91 Å². The first-order chi connectivity index (χ1) is 18.7. The van der Waals surface area contributed by atoms with E-state index in [1.165, 1.54) is 34.2 Å². The number of amides is 1. The Hall–Kier alpha value is -3.41. The van der Waals surface area contributed by atoms with Crippen LogP contribution in [0.5, 0.6) is 0 Å². The Kier molecular flexibility index (Phi) is 7.30. The number of hydrogen-bond acceptors (Lipinski definition) is 4. The monoisotopic (exact) mass is 509 g/mol. The van der Waals surface area contributed by atoms with Crippen molar-refractivity contribution in [2.45, 2.75) is 76.4 Å². The highest BCUT2D eigenvalue weighted by Gasteiger charge is 2.31. The summed E-state index contributed by atoms with van der Waals surface area (Å²) >= 11 is 0. The molecule has 196 valence electrons. The van der Waals surface area contributed by atoms with Crippen LogP contribution in [0.4, 0.5) is 0 Å². The number of rotatable bonds is 7. The first-order valence-corrected chi connectivity index (χ1v) is 13.9. The number of nitrogens with one attached hydrogen (secondary N) is 1. The zero-order valence-corrected chi connectivity index (χ0v) is 21.7. The first kappa shape index (κ1) is 24.9. The van der Waals surface area contributed by atoms with Gasteiger partial charge in [-0.3, -0.25) is 4.79 Å². The van der Waals surface area contributed by atoms with Gasteiger partial charge in [-0.15, -0.1) is 0 Å². The molecule has 0 aromatic heterocycles. The van der Waals surface area contributed by atoms with Crippen molar-refractivity contribution in [2.24, 2.45) is 0 Å². The van der Waals surface area contributed by atoms with Crippen LogP contribution in [0.15, 0.2) is 78.6 Å². The van der Waals surface area contributed by atoms with Gasteiger partial charge in [0.05, 0.1) is 13.2 Å². The van der Waals surface area contributed by atoms with Gasteiger partial charge in [0.2, 0.25) is 6.29 Å². The van der Waals surface area contributed by atoms with Crippen molar-refractivity contribution < 1.29 is 19.4 Å². The van der Waals surface area contributed by atoms with Crippen LogP contribution in [0, 0.1) is 0 Å². The summed E-state index contributed by atoms with van der Waals surface area (Å²) in [5.74, 6) is 0.235. The molecule has 1 amide bonds.